The van der Waals surface area contributed by atoms with E-state index in [9.17, 15) is 0 Å². The summed E-state index contributed by atoms with van der Waals surface area (Å²) in [7, 11) is 0. The topological polar surface area (TPSA) is 18.5 Å². The van der Waals surface area contributed by atoms with Gasteiger partial charge in [-0.3, -0.25) is 0 Å². The molecule has 0 aromatic heterocycles. The van der Waals surface area contributed by atoms with Crippen molar-refractivity contribution >= 4 is 0 Å². The number of benzene rings is 2. The van der Waals surface area contributed by atoms with E-state index in [-0.39, 0.29) is 6.29 Å². The normalized spacial score (nSPS) is 23.2. The van der Waals surface area contributed by atoms with Gasteiger partial charge in [0.15, 0.2) is 6.29 Å². The Kier molecular flexibility index (Phi) is 7.40. The minimum absolute atomic E-state index is 0.0602. The number of ether oxygens (including phenoxy) is 2. The Bertz CT molecular complexity index is 720. The molecule has 2 aliphatic rings. The van der Waals surface area contributed by atoms with E-state index in [4.69, 9.17) is 9.47 Å². The van der Waals surface area contributed by atoms with Gasteiger partial charge < -0.3 is 9.47 Å². The van der Waals surface area contributed by atoms with Crippen LogP contribution in [0.3, 0.4) is 0 Å². The fourth-order valence-corrected chi connectivity index (χ4v) is 4.96. The van der Waals surface area contributed by atoms with E-state index >= 15 is 0 Å². The van der Waals surface area contributed by atoms with E-state index in [0.717, 1.165) is 37.9 Å². The highest BCUT2D eigenvalue weighted by Crippen LogP contribution is 2.38. The van der Waals surface area contributed by atoms with Crippen molar-refractivity contribution in [3.05, 3.63) is 59.7 Å². The van der Waals surface area contributed by atoms with Crippen LogP contribution in [0, 0.1) is 5.92 Å². The van der Waals surface area contributed by atoms with Crippen molar-refractivity contribution in [2.45, 2.75) is 76.9 Å². The van der Waals surface area contributed by atoms with Crippen LogP contribution in [0.15, 0.2) is 48.5 Å². The maximum Gasteiger partial charge on any atom is 0.157 e. The molecule has 1 saturated heterocycles. The smallest absolute Gasteiger partial charge is 0.157 e. The van der Waals surface area contributed by atoms with Crippen LogP contribution in [0.4, 0.5) is 0 Å². The summed E-state index contributed by atoms with van der Waals surface area (Å²) in [5.41, 5.74) is 5.62. The van der Waals surface area contributed by atoms with Gasteiger partial charge in [-0.1, -0.05) is 61.9 Å². The molecule has 0 N–H and O–H groups in total. The SMILES string of the molecule is CCCc1ccc(-c2ccc(C3CCC(CCC4OCCCO4)CC3)cc2)cc1. The molecule has 4 rings (SSSR count). The second-order valence-electron chi connectivity index (χ2n) is 8.89. The summed E-state index contributed by atoms with van der Waals surface area (Å²) in [6, 6.07) is 18.4. The second kappa shape index (κ2) is 10.4. The predicted octanol–water partition coefficient (Wildman–Crippen LogP) is 7.12. The van der Waals surface area contributed by atoms with Gasteiger partial charge in [0.05, 0.1) is 13.2 Å². The third-order valence-electron chi connectivity index (χ3n) is 6.76. The molecule has 0 atom stereocenters. The Morgan fingerprint density at radius 3 is 2.00 bits per heavy atom. The van der Waals surface area contributed by atoms with Crippen LogP contribution in [-0.4, -0.2) is 19.5 Å². The Labute approximate surface area is 176 Å². The maximum absolute atomic E-state index is 5.70. The lowest BCUT2D eigenvalue weighted by Gasteiger charge is -2.30. The van der Waals surface area contributed by atoms with E-state index in [1.165, 1.54) is 67.2 Å². The van der Waals surface area contributed by atoms with Gasteiger partial charge in [-0.05, 0) is 85.5 Å². The van der Waals surface area contributed by atoms with Crippen molar-refractivity contribution in [1.29, 1.82) is 0 Å². The first kappa shape index (κ1) is 20.6. The molecule has 0 radical (unpaired) electrons. The molecule has 2 nitrogen and oxygen atoms in total. The predicted molar refractivity (Wildman–Crippen MR) is 120 cm³/mol. The van der Waals surface area contributed by atoms with Crippen LogP contribution >= 0.6 is 0 Å². The lowest BCUT2D eigenvalue weighted by atomic mass is 9.77. The Hall–Kier alpha value is -1.64. The molecule has 2 aromatic carbocycles. The molecule has 0 bridgehead atoms. The molecule has 2 fully saturated rings. The average Bonchev–Trinajstić information content (AvgIpc) is 2.80. The molecule has 1 saturated carbocycles. The average molecular weight is 393 g/mol. The van der Waals surface area contributed by atoms with E-state index in [2.05, 4.69) is 55.5 Å². The molecule has 29 heavy (non-hydrogen) atoms. The molecule has 2 heteroatoms. The van der Waals surface area contributed by atoms with E-state index in [0.29, 0.717) is 0 Å². The molecule has 1 aliphatic heterocycles. The minimum Gasteiger partial charge on any atom is -0.353 e. The van der Waals surface area contributed by atoms with Crippen LogP contribution in [0.25, 0.3) is 11.1 Å². The summed E-state index contributed by atoms with van der Waals surface area (Å²) in [6.07, 6.45) is 11.1. The van der Waals surface area contributed by atoms with Crippen LogP contribution in [0.2, 0.25) is 0 Å². The zero-order valence-electron chi connectivity index (χ0n) is 17.9. The van der Waals surface area contributed by atoms with Crippen LogP contribution < -0.4 is 0 Å². The van der Waals surface area contributed by atoms with Crippen molar-refractivity contribution in [1.82, 2.24) is 0 Å². The lowest BCUT2D eigenvalue weighted by molar-refractivity contribution is -0.182. The molecule has 156 valence electrons. The Morgan fingerprint density at radius 1 is 0.759 bits per heavy atom. The number of aryl methyl sites for hydroxylation is 1. The van der Waals surface area contributed by atoms with Crippen molar-refractivity contribution < 1.29 is 9.47 Å². The quantitative estimate of drug-likeness (QED) is 0.499. The first-order chi connectivity index (χ1) is 14.3. The van der Waals surface area contributed by atoms with Gasteiger partial charge in [0.25, 0.3) is 0 Å². The minimum atomic E-state index is 0.0602. The van der Waals surface area contributed by atoms with Gasteiger partial charge in [0.2, 0.25) is 0 Å². The summed E-state index contributed by atoms with van der Waals surface area (Å²) in [6.45, 7) is 3.98. The van der Waals surface area contributed by atoms with Crippen molar-refractivity contribution in [2.75, 3.05) is 13.2 Å². The highest BCUT2D eigenvalue weighted by molar-refractivity contribution is 5.64. The lowest BCUT2D eigenvalue weighted by Crippen LogP contribution is -2.25. The van der Waals surface area contributed by atoms with Gasteiger partial charge in [0.1, 0.15) is 0 Å². The number of rotatable bonds is 7. The summed E-state index contributed by atoms with van der Waals surface area (Å²) < 4.78 is 11.4. The van der Waals surface area contributed by atoms with Crippen molar-refractivity contribution in [2.24, 2.45) is 5.92 Å². The molecule has 0 amide bonds. The highest BCUT2D eigenvalue weighted by atomic mass is 16.7. The third-order valence-corrected chi connectivity index (χ3v) is 6.76. The summed E-state index contributed by atoms with van der Waals surface area (Å²) in [4.78, 5) is 0. The molecule has 1 aliphatic carbocycles. The Morgan fingerprint density at radius 2 is 1.38 bits per heavy atom. The molecule has 0 spiro atoms. The van der Waals surface area contributed by atoms with Gasteiger partial charge in [0, 0.05) is 0 Å². The zero-order valence-corrected chi connectivity index (χ0v) is 17.9. The van der Waals surface area contributed by atoms with Crippen LogP contribution in [0.1, 0.15) is 75.3 Å². The fraction of sp³-hybridized carbons (Fsp3) is 0.556. The molecular formula is C27H36O2. The Balaban J connectivity index is 1.26. The molecular weight excluding hydrogens is 356 g/mol. The summed E-state index contributed by atoms with van der Waals surface area (Å²) >= 11 is 0. The molecule has 0 unspecified atom stereocenters. The maximum atomic E-state index is 5.70. The first-order valence-electron chi connectivity index (χ1n) is 11.7. The molecule has 1 heterocycles. The summed E-state index contributed by atoms with van der Waals surface area (Å²) in [5.74, 6) is 1.58. The number of hydrogen-bond donors (Lipinski definition) is 0. The van der Waals surface area contributed by atoms with Gasteiger partial charge in [-0.2, -0.15) is 0 Å². The standard InChI is InChI=1S/C27H36O2/c1-2-4-21-5-10-23(11-6-21)25-14-16-26(17-15-25)24-12-7-22(8-13-24)9-18-27-28-19-3-20-29-27/h5-6,10-11,14-17,22,24,27H,2-4,7-9,12-13,18-20H2,1H3. The zero-order chi connectivity index (χ0) is 19.9. The molecule has 2 aromatic rings. The van der Waals surface area contributed by atoms with Crippen molar-refractivity contribution in [3.63, 3.8) is 0 Å². The van der Waals surface area contributed by atoms with E-state index in [1.807, 2.05) is 0 Å². The fourth-order valence-electron chi connectivity index (χ4n) is 4.96. The second-order valence-corrected chi connectivity index (χ2v) is 8.89. The van der Waals surface area contributed by atoms with Crippen molar-refractivity contribution in [3.8, 4) is 11.1 Å². The van der Waals surface area contributed by atoms with Gasteiger partial charge in [-0.15, -0.1) is 0 Å². The monoisotopic (exact) mass is 392 g/mol. The number of hydrogen-bond acceptors (Lipinski definition) is 2. The first-order valence-corrected chi connectivity index (χ1v) is 11.7. The van der Waals surface area contributed by atoms with Crippen LogP contribution in [-0.2, 0) is 15.9 Å². The van der Waals surface area contributed by atoms with E-state index in [1.54, 1.807) is 0 Å². The van der Waals surface area contributed by atoms with E-state index < -0.39 is 0 Å². The van der Waals surface area contributed by atoms with Gasteiger partial charge >= 0.3 is 0 Å². The highest BCUT2D eigenvalue weighted by Gasteiger charge is 2.24. The largest absolute Gasteiger partial charge is 0.353 e. The van der Waals surface area contributed by atoms with Crippen LogP contribution in [0.5, 0.6) is 0 Å². The van der Waals surface area contributed by atoms with Gasteiger partial charge in [-0.25, -0.2) is 0 Å². The third kappa shape index (κ3) is 5.71. The summed E-state index contributed by atoms with van der Waals surface area (Å²) in [5, 5.41) is 0.